The van der Waals surface area contributed by atoms with Crippen LogP contribution in [0.15, 0.2) is 78.0 Å². The molecule has 0 spiro atoms. The predicted octanol–water partition coefficient (Wildman–Crippen LogP) is 4.09. The highest BCUT2D eigenvalue weighted by Gasteiger charge is 2.21. The first-order chi connectivity index (χ1) is 13.8. The van der Waals surface area contributed by atoms with Crippen molar-refractivity contribution in [1.29, 1.82) is 0 Å². The van der Waals surface area contributed by atoms with E-state index in [4.69, 9.17) is 16.7 Å². The summed E-state index contributed by atoms with van der Waals surface area (Å²) in [5, 5.41) is 9.46. The van der Waals surface area contributed by atoms with E-state index in [0.29, 0.717) is 17.9 Å². The summed E-state index contributed by atoms with van der Waals surface area (Å²) in [4.78, 5) is 15.2. The molecular formula is C21H19ClN2O4S. The average Bonchev–Trinajstić information content (AvgIpc) is 2.72. The maximum Gasteiger partial charge on any atom is 0.335 e. The molecule has 0 aliphatic carbocycles. The van der Waals surface area contributed by atoms with Gasteiger partial charge in [0.05, 0.1) is 10.5 Å². The van der Waals surface area contributed by atoms with Crippen molar-refractivity contribution in [3.05, 3.63) is 94.8 Å². The number of benzene rings is 2. The van der Waals surface area contributed by atoms with Gasteiger partial charge in [0.15, 0.2) is 0 Å². The summed E-state index contributed by atoms with van der Waals surface area (Å²) in [6.45, 7) is 0. The molecule has 1 heterocycles. The van der Waals surface area contributed by atoms with Crippen molar-refractivity contribution >= 4 is 27.6 Å². The Morgan fingerprint density at radius 1 is 1.07 bits per heavy atom. The van der Waals surface area contributed by atoms with E-state index in [1.54, 1.807) is 30.6 Å². The first-order valence-electron chi connectivity index (χ1n) is 8.85. The van der Waals surface area contributed by atoms with Crippen molar-refractivity contribution in [2.45, 2.75) is 23.8 Å². The molecule has 0 radical (unpaired) electrons. The Hall–Kier alpha value is -2.74. The van der Waals surface area contributed by atoms with Gasteiger partial charge in [-0.15, -0.1) is 0 Å². The largest absolute Gasteiger partial charge is 0.478 e. The van der Waals surface area contributed by atoms with E-state index in [-0.39, 0.29) is 10.5 Å². The average molecular weight is 431 g/mol. The van der Waals surface area contributed by atoms with Crippen LogP contribution in [0.2, 0.25) is 5.02 Å². The van der Waals surface area contributed by atoms with Crippen LogP contribution in [0.4, 0.5) is 0 Å². The highest BCUT2D eigenvalue weighted by molar-refractivity contribution is 7.89. The van der Waals surface area contributed by atoms with Crippen molar-refractivity contribution in [2.75, 3.05) is 0 Å². The standard InChI is InChI=1S/C21H19ClN2O4S/c22-18-8-10-19(11-9-18)29(27,28)24-20(17-2-1-13-23-14-17)12-5-15-3-6-16(7-4-15)21(25)26/h1-4,6-11,13-14,20,24H,5,12H2,(H,25,26). The second-order valence-corrected chi connectivity index (χ2v) is 8.61. The number of carboxylic acids is 1. The number of aromatic nitrogens is 1. The van der Waals surface area contributed by atoms with Gasteiger partial charge >= 0.3 is 5.97 Å². The number of halogens is 1. The van der Waals surface area contributed by atoms with Gasteiger partial charge in [0.1, 0.15) is 0 Å². The van der Waals surface area contributed by atoms with Gasteiger partial charge in [-0.05, 0) is 66.4 Å². The van der Waals surface area contributed by atoms with Gasteiger partial charge in [-0.1, -0.05) is 29.8 Å². The molecule has 2 aromatic carbocycles. The van der Waals surface area contributed by atoms with E-state index in [9.17, 15) is 13.2 Å². The topological polar surface area (TPSA) is 96.4 Å². The van der Waals surface area contributed by atoms with Crippen molar-refractivity contribution < 1.29 is 18.3 Å². The lowest BCUT2D eigenvalue weighted by molar-refractivity contribution is 0.0697. The van der Waals surface area contributed by atoms with Crippen LogP contribution in [-0.4, -0.2) is 24.5 Å². The number of hydrogen-bond acceptors (Lipinski definition) is 4. The fourth-order valence-electron chi connectivity index (χ4n) is 2.87. The van der Waals surface area contributed by atoms with Gasteiger partial charge in [-0.3, -0.25) is 4.98 Å². The number of aromatic carboxylic acids is 1. The second kappa shape index (κ2) is 9.17. The predicted molar refractivity (Wildman–Crippen MR) is 110 cm³/mol. The van der Waals surface area contributed by atoms with Crippen LogP contribution >= 0.6 is 11.6 Å². The van der Waals surface area contributed by atoms with E-state index in [0.717, 1.165) is 11.1 Å². The first-order valence-corrected chi connectivity index (χ1v) is 10.7. The van der Waals surface area contributed by atoms with Crippen LogP contribution in [0.3, 0.4) is 0 Å². The van der Waals surface area contributed by atoms with E-state index in [1.807, 2.05) is 6.07 Å². The summed E-state index contributed by atoms with van der Waals surface area (Å²) in [7, 11) is -3.76. The molecule has 3 rings (SSSR count). The lowest BCUT2D eigenvalue weighted by Gasteiger charge is -2.19. The minimum absolute atomic E-state index is 0.126. The molecule has 0 bridgehead atoms. The van der Waals surface area contributed by atoms with Crippen LogP contribution in [0.1, 0.15) is 33.9 Å². The third kappa shape index (κ3) is 5.63. The molecule has 6 nitrogen and oxygen atoms in total. The Kier molecular flexibility index (Phi) is 6.64. The molecule has 0 aliphatic heterocycles. The number of aryl methyl sites for hydroxylation is 1. The number of carboxylic acid groups (broad SMARTS) is 1. The maximum absolute atomic E-state index is 12.8. The summed E-state index contributed by atoms with van der Waals surface area (Å²) in [6, 6.07) is 15.6. The fourth-order valence-corrected chi connectivity index (χ4v) is 4.25. The minimum atomic E-state index is -3.76. The van der Waals surface area contributed by atoms with Gasteiger partial charge < -0.3 is 5.11 Å². The molecule has 1 unspecified atom stereocenters. The Morgan fingerprint density at radius 3 is 2.34 bits per heavy atom. The van der Waals surface area contributed by atoms with Crippen LogP contribution in [0, 0.1) is 0 Å². The number of pyridine rings is 1. The number of nitrogens with zero attached hydrogens (tertiary/aromatic N) is 1. The summed E-state index contributed by atoms with van der Waals surface area (Å²) in [6.07, 6.45) is 4.29. The lowest BCUT2D eigenvalue weighted by Crippen LogP contribution is -2.29. The van der Waals surface area contributed by atoms with Gasteiger partial charge in [-0.2, -0.15) is 0 Å². The highest BCUT2D eigenvalue weighted by Crippen LogP contribution is 2.23. The molecule has 0 amide bonds. The highest BCUT2D eigenvalue weighted by atomic mass is 35.5. The van der Waals surface area contributed by atoms with Crippen LogP contribution in [0.25, 0.3) is 0 Å². The zero-order valence-corrected chi connectivity index (χ0v) is 16.9. The zero-order valence-electron chi connectivity index (χ0n) is 15.3. The number of hydrogen-bond donors (Lipinski definition) is 2. The third-order valence-corrected chi connectivity index (χ3v) is 6.17. The number of nitrogens with one attached hydrogen (secondary N) is 1. The summed E-state index contributed by atoms with van der Waals surface area (Å²) in [5.41, 5.74) is 1.86. The molecule has 0 aliphatic rings. The third-order valence-electron chi connectivity index (χ3n) is 4.43. The Bertz CT molecular complexity index is 1070. The number of rotatable bonds is 8. The van der Waals surface area contributed by atoms with Crippen molar-refractivity contribution in [3.63, 3.8) is 0 Å². The van der Waals surface area contributed by atoms with Gasteiger partial charge in [0.25, 0.3) is 0 Å². The van der Waals surface area contributed by atoms with Gasteiger partial charge in [-0.25, -0.2) is 17.9 Å². The smallest absolute Gasteiger partial charge is 0.335 e. The van der Waals surface area contributed by atoms with E-state index >= 15 is 0 Å². The van der Waals surface area contributed by atoms with Gasteiger partial charge in [0.2, 0.25) is 10.0 Å². The SMILES string of the molecule is O=C(O)c1ccc(CCC(NS(=O)(=O)c2ccc(Cl)cc2)c2cccnc2)cc1. The minimum Gasteiger partial charge on any atom is -0.478 e. The van der Waals surface area contributed by atoms with E-state index in [2.05, 4.69) is 9.71 Å². The van der Waals surface area contributed by atoms with Crippen molar-refractivity contribution in [3.8, 4) is 0 Å². The molecule has 1 atom stereocenters. The summed E-state index contributed by atoms with van der Waals surface area (Å²) in [5.74, 6) is -0.986. The Labute approximate surface area is 174 Å². The number of carbonyl (C=O) groups is 1. The van der Waals surface area contributed by atoms with Crippen LogP contribution in [-0.2, 0) is 16.4 Å². The maximum atomic E-state index is 12.8. The monoisotopic (exact) mass is 430 g/mol. The molecule has 29 heavy (non-hydrogen) atoms. The normalized spacial score (nSPS) is 12.4. The van der Waals surface area contributed by atoms with Crippen molar-refractivity contribution in [2.24, 2.45) is 0 Å². The molecule has 1 aromatic heterocycles. The quantitative estimate of drug-likeness (QED) is 0.561. The molecule has 0 saturated carbocycles. The van der Waals surface area contributed by atoms with Crippen LogP contribution < -0.4 is 4.72 Å². The molecule has 2 N–H and O–H groups in total. The fraction of sp³-hybridized carbons (Fsp3) is 0.143. The summed E-state index contributed by atoms with van der Waals surface area (Å²) < 4.78 is 28.4. The molecule has 150 valence electrons. The van der Waals surface area contributed by atoms with E-state index in [1.165, 1.54) is 36.4 Å². The second-order valence-electron chi connectivity index (χ2n) is 6.45. The molecule has 3 aromatic rings. The Balaban J connectivity index is 1.80. The molecule has 0 fully saturated rings. The molecule has 0 saturated heterocycles. The van der Waals surface area contributed by atoms with Crippen LogP contribution in [0.5, 0.6) is 0 Å². The van der Waals surface area contributed by atoms with Crippen molar-refractivity contribution in [1.82, 2.24) is 9.71 Å². The van der Waals surface area contributed by atoms with E-state index < -0.39 is 22.0 Å². The summed E-state index contributed by atoms with van der Waals surface area (Å²) >= 11 is 5.85. The lowest BCUT2D eigenvalue weighted by atomic mass is 10.0. The van der Waals surface area contributed by atoms with Gasteiger partial charge in [0, 0.05) is 23.5 Å². The molecule has 8 heteroatoms. The zero-order chi connectivity index (χ0) is 20.9. The Morgan fingerprint density at radius 2 is 1.76 bits per heavy atom. The molecular weight excluding hydrogens is 412 g/mol. The number of sulfonamides is 1. The first kappa shape index (κ1) is 21.0.